The summed E-state index contributed by atoms with van der Waals surface area (Å²) in [5, 5.41) is 7.06. The van der Waals surface area contributed by atoms with E-state index in [0.29, 0.717) is 18.5 Å². The van der Waals surface area contributed by atoms with E-state index in [0.717, 1.165) is 13.0 Å². The van der Waals surface area contributed by atoms with Gasteiger partial charge in [-0.1, -0.05) is 12.8 Å². The van der Waals surface area contributed by atoms with Gasteiger partial charge >= 0.3 is 0 Å². The fourth-order valence-corrected chi connectivity index (χ4v) is 2.42. The third-order valence-corrected chi connectivity index (χ3v) is 3.39. The molecule has 0 aromatic carbocycles. The van der Waals surface area contributed by atoms with Crippen LogP contribution in [-0.2, 0) is 4.79 Å². The molecule has 0 spiro atoms. The zero-order valence-electron chi connectivity index (χ0n) is 11.0. The Morgan fingerprint density at radius 1 is 1.47 bits per heavy atom. The molecule has 1 amide bonds. The first-order valence-electron chi connectivity index (χ1n) is 6.93. The van der Waals surface area contributed by atoms with E-state index in [4.69, 9.17) is 5.73 Å². The number of nitrogens with one attached hydrogen (secondary N) is 2. The van der Waals surface area contributed by atoms with Gasteiger partial charge in [0.1, 0.15) is 0 Å². The summed E-state index contributed by atoms with van der Waals surface area (Å²) >= 11 is 0. The van der Waals surface area contributed by atoms with Crippen molar-refractivity contribution in [2.45, 2.75) is 64.0 Å². The molecule has 0 aromatic rings. The normalized spacial score (nSPS) is 23.0. The van der Waals surface area contributed by atoms with Crippen molar-refractivity contribution in [3.05, 3.63) is 0 Å². The molecule has 1 aliphatic rings. The average Bonchev–Trinajstić information content (AvgIpc) is 2.53. The lowest BCUT2D eigenvalue weighted by atomic mass is 10.0. The average molecular weight is 241 g/mol. The summed E-state index contributed by atoms with van der Waals surface area (Å²) in [4.78, 5) is 10.6. The van der Waals surface area contributed by atoms with Crippen LogP contribution in [0.15, 0.2) is 0 Å². The van der Waals surface area contributed by atoms with Gasteiger partial charge in [0.2, 0.25) is 5.91 Å². The highest BCUT2D eigenvalue weighted by molar-refractivity contribution is 5.73. The standard InChI is InChI=1S/C13H27N3O/c1-11(15-9-5-7-13(14)17)10-12-6-3-2-4-8-16-12/h11-12,15-16H,2-10H2,1H3,(H2,14,17). The van der Waals surface area contributed by atoms with Crippen LogP contribution in [0.3, 0.4) is 0 Å². The van der Waals surface area contributed by atoms with Gasteiger partial charge in [-0.3, -0.25) is 4.79 Å². The molecular formula is C13H27N3O. The first kappa shape index (κ1) is 14.5. The number of primary amides is 1. The molecule has 1 fully saturated rings. The Kier molecular flexibility index (Phi) is 7.21. The number of amides is 1. The summed E-state index contributed by atoms with van der Waals surface area (Å²) in [6.07, 6.45) is 7.84. The van der Waals surface area contributed by atoms with Crippen LogP contribution in [0, 0.1) is 0 Å². The molecule has 0 radical (unpaired) electrons. The lowest BCUT2D eigenvalue weighted by Gasteiger charge is -2.21. The lowest BCUT2D eigenvalue weighted by molar-refractivity contribution is -0.118. The minimum absolute atomic E-state index is 0.204. The van der Waals surface area contributed by atoms with Crippen LogP contribution < -0.4 is 16.4 Å². The molecule has 2 atom stereocenters. The third kappa shape index (κ3) is 7.34. The Bertz CT molecular complexity index is 213. The van der Waals surface area contributed by atoms with Gasteiger partial charge in [0.05, 0.1) is 0 Å². The van der Waals surface area contributed by atoms with Gasteiger partial charge < -0.3 is 16.4 Å². The highest BCUT2D eigenvalue weighted by Gasteiger charge is 2.14. The van der Waals surface area contributed by atoms with Gasteiger partial charge in [-0.15, -0.1) is 0 Å². The van der Waals surface area contributed by atoms with Crippen LogP contribution in [-0.4, -0.2) is 31.1 Å². The maximum absolute atomic E-state index is 10.6. The van der Waals surface area contributed by atoms with Crippen LogP contribution >= 0.6 is 0 Å². The second kappa shape index (κ2) is 8.48. The van der Waals surface area contributed by atoms with Crippen molar-refractivity contribution in [3.8, 4) is 0 Å². The third-order valence-electron chi connectivity index (χ3n) is 3.39. The SMILES string of the molecule is CC(CC1CCCCCN1)NCCCC(N)=O. The molecule has 1 aliphatic heterocycles. The van der Waals surface area contributed by atoms with E-state index in [9.17, 15) is 4.79 Å². The maximum atomic E-state index is 10.6. The molecule has 2 unspecified atom stereocenters. The van der Waals surface area contributed by atoms with Crippen molar-refractivity contribution >= 4 is 5.91 Å². The summed E-state index contributed by atoms with van der Waals surface area (Å²) in [5.74, 6) is -0.204. The smallest absolute Gasteiger partial charge is 0.217 e. The Labute approximate surface area is 105 Å². The van der Waals surface area contributed by atoms with Gasteiger partial charge in [-0.25, -0.2) is 0 Å². The van der Waals surface area contributed by atoms with Crippen molar-refractivity contribution < 1.29 is 4.79 Å². The second-order valence-electron chi connectivity index (χ2n) is 5.16. The van der Waals surface area contributed by atoms with E-state index < -0.39 is 0 Å². The number of rotatable bonds is 7. The minimum Gasteiger partial charge on any atom is -0.370 e. The first-order chi connectivity index (χ1) is 8.18. The highest BCUT2D eigenvalue weighted by atomic mass is 16.1. The lowest BCUT2D eigenvalue weighted by Crippen LogP contribution is -2.37. The van der Waals surface area contributed by atoms with E-state index in [2.05, 4.69) is 17.6 Å². The van der Waals surface area contributed by atoms with E-state index in [1.165, 1.54) is 38.6 Å². The first-order valence-corrected chi connectivity index (χ1v) is 6.93. The van der Waals surface area contributed by atoms with E-state index in [1.54, 1.807) is 0 Å². The van der Waals surface area contributed by atoms with Gasteiger partial charge in [0.25, 0.3) is 0 Å². The van der Waals surface area contributed by atoms with Gasteiger partial charge in [-0.2, -0.15) is 0 Å². The number of carbonyl (C=O) groups is 1. The van der Waals surface area contributed by atoms with Gasteiger partial charge in [0.15, 0.2) is 0 Å². The van der Waals surface area contributed by atoms with E-state index >= 15 is 0 Å². The van der Waals surface area contributed by atoms with Crippen molar-refractivity contribution in [1.29, 1.82) is 0 Å². The van der Waals surface area contributed by atoms with Crippen LogP contribution in [0.2, 0.25) is 0 Å². The summed E-state index contributed by atoms with van der Waals surface area (Å²) in [7, 11) is 0. The fourth-order valence-electron chi connectivity index (χ4n) is 2.42. The predicted molar refractivity (Wildman–Crippen MR) is 70.8 cm³/mol. The van der Waals surface area contributed by atoms with Crippen LogP contribution in [0.1, 0.15) is 51.9 Å². The molecule has 17 heavy (non-hydrogen) atoms. The number of hydrogen-bond acceptors (Lipinski definition) is 3. The van der Waals surface area contributed by atoms with Gasteiger partial charge in [-0.05, 0) is 45.7 Å². The number of nitrogens with two attached hydrogens (primary N) is 1. The van der Waals surface area contributed by atoms with Crippen LogP contribution in [0.25, 0.3) is 0 Å². The van der Waals surface area contributed by atoms with Gasteiger partial charge in [0, 0.05) is 18.5 Å². The predicted octanol–water partition coefficient (Wildman–Crippen LogP) is 1.15. The molecular weight excluding hydrogens is 214 g/mol. The molecule has 1 heterocycles. The Morgan fingerprint density at radius 2 is 2.29 bits per heavy atom. The second-order valence-corrected chi connectivity index (χ2v) is 5.16. The van der Waals surface area contributed by atoms with Crippen molar-refractivity contribution in [3.63, 3.8) is 0 Å². The highest BCUT2D eigenvalue weighted by Crippen LogP contribution is 2.12. The molecule has 4 nitrogen and oxygen atoms in total. The summed E-state index contributed by atoms with van der Waals surface area (Å²) in [5.41, 5.74) is 5.10. The molecule has 1 rings (SSSR count). The minimum atomic E-state index is -0.204. The molecule has 1 saturated heterocycles. The maximum Gasteiger partial charge on any atom is 0.217 e. The quantitative estimate of drug-likeness (QED) is 0.586. The molecule has 0 aliphatic carbocycles. The number of hydrogen-bond donors (Lipinski definition) is 3. The number of carbonyl (C=O) groups excluding carboxylic acids is 1. The molecule has 0 bridgehead atoms. The Morgan fingerprint density at radius 3 is 3.06 bits per heavy atom. The fraction of sp³-hybridized carbons (Fsp3) is 0.923. The molecule has 0 saturated carbocycles. The monoisotopic (exact) mass is 241 g/mol. The summed E-state index contributed by atoms with van der Waals surface area (Å²) < 4.78 is 0. The van der Waals surface area contributed by atoms with E-state index in [1.807, 2.05) is 0 Å². The zero-order chi connectivity index (χ0) is 12.5. The molecule has 0 aromatic heterocycles. The topological polar surface area (TPSA) is 67.2 Å². The van der Waals surface area contributed by atoms with Crippen molar-refractivity contribution in [1.82, 2.24) is 10.6 Å². The summed E-state index contributed by atoms with van der Waals surface area (Å²) in [6.45, 7) is 4.27. The van der Waals surface area contributed by atoms with Crippen molar-refractivity contribution in [2.24, 2.45) is 5.73 Å². The molecule has 4 N–H and O–H groups in total. The van der Waals surface area contributed by atoms with E-state index in [-0.39, 0.29) is 5.91 Å². The zero-order valence-corrected chi connectivity index (χ0v) is 11.0. The van der Waals surface area contributed by atoms with Crippen molar-refractivity contribution in [2.75, 3.05) is 13.1 Å². The summed E-state index contributed by atoms with van der Waals surface area (Å²) in [6, 6.07) is 1.18. The molecule has 100 valence electrons. The van der Waals surface area contributed by atoms with Crippen LogP contribution in [0.5, 0.6) is 0 Å². The molecule has 4 heteroatoms. The largest absolute Gasteiger partial charge is 0.370 e. The Hall–Kier alpha value is -0.610. The van der Waals surface area contributed by atoms with Crippen LogP contribution in [0.4, 0.5) is 0 Å². The Balaban J connectivity index is 2.06.